The van der Waals surface area contributed by atoms with Crippen molar-refractivity contribution in [3.05, 3.63) is 41.8 Å². The molecule has 2 nitrogen and oxygen atoms in total. The number of nitrogens with zero attached hydrogens (tertiary/aromatic N) is 2. The van der Waals surface area contributed by atoms with Gasteiger partial charge in [0, 0.05) is 38.5 Å². The molecule has 18 heavy (non-hydrogen) atoms. The Bertz CT molecular complexity index is 570. The van der Waals surface area contributed by atoms with E-state index in [1.165, 1.54) is 30.5 Å². The summed E-state index contributed by atoms with van der Waals surface area (Å²) < 4.78 is 12.9. The molecule has 0 radical (unpaired) electrons. The molecule has 2 aromatic rings. The van der Waals surface area contributed by atoms with Gasteiger partial charge < -0.3 is 0 Å². The Kier molecular flexibility index (Phi) is 3.52. The second-order valence-electron chi connectivity index (χ2n) is 4.31. The highest BCUT2D eigenvalue weighted by atomic mass is 127. The lowest BCUT2D eigenvalue weighted by molar-refractivity contribution is 0.628. The van der Waals surface area contributed by atoms with Crippen LogP contribution >= 0.6 is 30.1 Å². The smallest absolute Gasteiger partial charge is 0.160 e. The van der Waals surface area contributed by atoms with Gasteiger partial charge in [0.2, 0.25) is 0 Å². The summed E-state index contributed by atoms with van der Waals surface area (Å²) in [4.78, 5) is 8.97. The Morgan fingerprint density at radius 3 is 2.56 bits per heavy atom. The van der Waals surface area contributed by atoms with E-state index in [1.807, 2.05) is 6.20 Å². The molecule has 0 atom stereocenters. The van der Waals surface area contributed by atoms with Crippen LogP contribution in [0.5, 0.6) is 0 Å². The Hall–Kier alpha value is -0.690. The summed E-state index contributed by atoms with van der Waals surface area (Å²) in [5, 5.41) is 1.03. The maximum atomic E-state index is 12.9. The SMILES string of the molecule is Fc1ccc(-c2ncc(C3CC3)c(SI)n2)cc1. The third-order valence-corrected chi connectivity index (χ3v) is 4.70. The van der Waals surface area contributed by atoms with Gasteiger partial charge >= 0.3 is 0 Å². The van der Waals surface area contributed by atoms with Gasteiger partial charge in [-0.05, 0) is 52.0 Å². The molecule has 1 aromatic carbocycles. The molecule has 0 bridgehead atoms. The van der Waals surface area contributed by atoms with E-state index in [9.17, 15) is 4.39 Å². The average Bonchev–Trinajstić information content (AvgIpc) is 3.23. The van der Waals surface area contributed by atoms with Crippen LogP contribution in [-0.4, -0.2) is 9.97 Å². The first-order valence-electron chi connectivity index (χ1n) is 5.69. The molecule has 0 saturated heterocycles. The quantitative estimate of drug-likeness (QED) is 0.582. The molecule has 1 heterocycles. The minimum absolute atomic E-state index is 0.239. The van der Waals surface area contributed by atoms with E-state index < -0.39 is 0 Å². The summed E-state index contributed by atoms with van der Waals surface area (Å²) in [6.07, 6.45) is 4.40. The van der Waals surface area contributed by atoms with Crippen molar-refractivity contribution in [1.29, 1.82) is 0 Å². The van der Waals surface area contributed by atoms with E-state index in [4.69, 9.17) is 0 Å². The summed E-state index contributed by atoms with van der Waals surface area (Å²) in [5.41, 5.74) is 2.10. The van der Waals surface area contributed by atoms with Crippen LogP contribution in [0.4, 0.5) is 4.39 Å². The molecule has 1 fully saturated rings. The van der Waals surface area contributed by atoms with Crippen LogP contribution in [0.15, 0.2) is 35.5 Å². The largest absolute Gasteiger partial charge is 0.236 e. The predicted molar refractivity (Wildman–Crippen MR) is 79.3 cm³/mol. The van der Waals surface area contributed by atoms with Gasteiger partial charge in [-0.25, -0.2) is 14.4 Å². The van der Waals surface area contributed by atoms with Crippen LogP contribution in [0, 0.1) is 5.82 Å². The van der Waals surface area contributed by atoms with Gasteiger partial charge in [-0.2, -0.15) is 0 Å². The number of hydrogen-bond donors (Lipinski definition) is 0. The zero-order chi connectivity index (χ0) is 12.5. The van der Waals surface area contributed by atoms with E-state index >= 15 is 0 Å². The van der Waals surface area contributed by atoms with Crippen LogP contribution in [0.1, 0.15) is 24.3 Å². The topological polar surface area (TPSA) is 25.8 Å². The van der Waals surface area contributed by atoms with Gasteiger partial charge in [-0.1, -0.05) is 0 Å². The van der Waals surface area contributed by atoms with Crippen molar-refractivity contribution < 1.29 is 4.39 Å². The van der Waals surface area contributed by atoms with Crippen LogP contribution in [0.3, 0.4) is 0 Å². The lowest BCUT2D eigenvalue weighted by atomic mass is 10.2. The van der Waals surface area contributed by atoms with Crippen molar-refractivity contribution >= 4 is 30.1 Å². The van der Waals surface area contributed by atoms with Crippen molar-refractivity contribution in [3.8, 4) is 11.4 Å². The van der Waals surface area contributed by atoms with Gasteiger partial charge in [-0.3, -0.25) is 0 Å². The van der Waals surface area contributed by atoms with Crippen molar-refractivity contribution in [2.45, 2.75) is 23.8 Å². The Labute approximate surface area is 121 Å². The van der Waals surface area contributed by atoms with Gasteiger partial charge in [-0.15, -0.1) is 0 Å². The standard InChI is InChI=1S/C13H10FIN2S/c14-10-5-3-9(4-6-10)12-16-7-11(8-1-2-8)13(17-12)18-15/h3-8H,1-2H2. The zero-order valence-corrected chi connectivity index (χ0v) is 12.4. The fraction of sp³-hybridized carbons (Fsp3) is 0.231. The lowest BCUT2D eigenvalue weighted by Crippen LogP contribution is -1.95. The van der Waals surface area contributed by atoms with Crippen LogP contribution in [0.25, 0.3) is 11.4 Å². The molecule has 0 N–H and O–H groups in total. The molecule has 1 saturated carbocycles. The van der Waals surface area contributed by atoms with Crippen molar-refractivity contribution in [2.24, 2.45) is 0 Å². The fourth-order valence-electron chi connectivity index (χ4n) is 1.85. The molecular weight excluding hydrogens is 362 g/mol. The first-order chi connectivity index (χ1) is 8.78. The number of hydrogen-bond acceptors (Lipinski definition) is 3. The minimum atomic E-state index is -0.239. The number of benzene rings is 1. The van der Waals surface area contributed by atoms with Gasteiger partial charge in [0.05, 0.1) is 0 Å². The third kappa shape index (κ3) is 2.51. The maximum absolute atomic E-state index is 12.9. The Morgan fingerprint density at radius 2 is 1.94 bits per heavy atom. The number of halogens is 2. The number of aromatic nitrogens is 2. The molecule has 1 aliphatic carbocycles. The van der Waals surface area contributed by atoms with Crippen LogP contribution in [0.2, 0.25) is 0 Å². The maximum Gasteiger partial charge on any atom is 0.160 e. The first kappa shape index (κ1) is 12.3. The predicted octanol–water partition coefficient (Wildman–Crippen LogP) is 4.60. The van der Waals surface area contributed by atoms with E-state index in [0.717, 1.165) is 10.6 Å². The van der Waals surface area contributed by atoms with Crippen LogP contribution in [-0.2, 0) is 0 Å². The molecule has 1 aromatic heterocycles. The summed E-state index contributed by atoms with van der Waals surface area (Å²) in [7, 11) is 1.62. The summed E-state index contributed by atoms with van der Waals surface area (Å²) >= 11 is 2.25. The zero-order valence-electron chi connectivity index (χ0n) is 9.44. The molecule has 0 aliphatic heterocycles. The summed E-state index contributed by atoms with van der Waals surface area (Å²) in [6.45, 7) is 0. The summed E-state index contributed by atoms with van der Waals surface area (Å²) in [5.74, 6) is 1.07. The minimum Gasteiger partial charge on any atom is -0.236 e. The van der Waals surface area contributed by atoms with Gasteiger partial charge in [0.15, 0.2) is 5.82 Å². The van der Waals surface area contributed by atoms with Gasteiger partial charge in [0.25, 0.3) is 0 Å². The second kappa shape index (κ2) is 5.13. The molecule has 5 heteroatoms. The van der Waals surface area contributed by atoms with Crippen LogP contribution < -0.4 is 0 Å². The normalized spacial score (nSPS) is 14.8. The Morgan fingerprint density at radius 1 is 1.22 bits per heavy atom. The molecule has 0 amide bonds. The molecule has 1 aliphatic rings. The molecule has 92 valence electrons. The molecule has 3 rings (SSSR count). The van der Waals surface area contributed by atoms with Crippen molar-refractivity contribution in [1.82, 2.24) is 9.97 Å². The fourth-order valence-corrected chi connectivity index (χ4v) is 3.34. The van der Waals surface area contributed by atoms with E-state index in [1.54, 1.807) is 21.1 Å². The van der Waals surface area contributed by atoms with Crippen molar-refractivity contribution in [3.63, 3.8) is 0 Å². The first-order valence-corrected chi connectivity index (χ1v) is 9.05. The highest BCUT2D eigenvalue weighted by molar-refractivity contribution is 14.2. The summed E-state index contributed by atoms with van der Waals surface area (Å²) in [6, 6.07) is 6.29. The van der Waals surface area contributed by atoms with Crippen molar-refractivity contribution in [2.75, 3.05) is 0 Å². The molecule has 0 spiro atoms. The van der Waals surface area contributed by atoms with E-state index in [-0.39, 0.29) is 5.82 Å². The van der Waals surface area contributed by atoms with E-state index in [2.05, 4.69) is 31.2 Å². The molecule has 0 unspecified atom stereocenters. The highest BCUT2D eigenvalue weighted by Crippen LogP contribution is 2.44. The molecular formula is C13H10FIN2S. The third-order valence-electron chi connectivity index (χ3n) is 2.97. The number of rotatable bonds is 3. The highest BCUT2D eigenvalue weighted by Gasteiger charge is 2.27. The average molecular weight is 372 g/mol. The van der Waals surface area contributed by atoms with Gasteiger partial charge in [0.1, 0.15) is 10.8 Å². The van der Waals surface area contributed by atoms with E-state index in [0.29, 0.717) is 11.7 Å². The second-order valence-corrected chi connectivity index (χ2v) is 6.17. The Balaban J connectivity index is 1.99. The lowest BCUT2D eigenvalue weighted by Gasteiger charge is -2.06. The monoisotopic (exact) mass is 372 g/mol.